The van der Waals surface area contributed by atoms with Crippen LogP contribution in [0.15, 0.2) is 53.2 Å². The number of carbonyl (C=O) groups excluding carboxylic acids is 3. The van der Waals surface area contributed by atoms with E-state index in [0.717, 1.165) is 28.5 Å². The van der Waals surface area contributed by atoms with Gasteiger partial charge in [0.1, 0.15) is 11.4 Å². The summed E-state index contributed by atoms with van der Waals surface area (Å²) in [6, 6.07) is 12.6. The SMILES string of the molecule is COc1ccc(/C=C2\N=C(SCC(=O)NC(=O)NCC(C)C)N(c3cc(C)cc(C)c3)C2=O)cc1. The summed E-state index contributed by atoms with van der Waals surface area (Å²) in [5.41, 5.74) is 3.73. The van der Waals surface area contributed by atoms with Crippen molar-refractivity contribution in [1.29, 1.82) is 0 Å². The maximum Gasteiger partial charge on any atom is 0.321 e. The van der Waals surface area contributed by atoms with Gasteiger partial charge < -0.3 is 10.1 Å². The molecule has 2 N–H and O–H groups in total. The van der Waals surface area contributed by atoms with Gasteiger partial charge >= 0.3 is 6.03 Å². The standard InChI is InChI=1S/C26H30N4O4S/c1-16(2)14-27-25(33)29-23(31)15-35-26-28-22(13-19-6-8-21(34-5)9-7-19)24(32)30(26)20-11-17(3)10-18(4)12-20/h6-13,16H,14-15H2,1-5H3,(H2,27,29,31,33)/b22-13-. The normalized spacial score (nSPS) is 14.3. The number of ether oxygens (including phenoxy) is 1. The monoisotopic (exact) mass is 494 g/mol. The fourth-order valence-corrected chi connectivity index (χ4v) is 4.21. The third kappa shape index (κ3) is 7.19. The molecule has 0 atom stereocenters. The van der Waals surface area contributed by atoms with Gasteiger partial charge in [0.15, 0.2) is 5.17 Å². The minimum Gasteiger partial charge on any atom is -0.497 e. The number of aliphatic imine (C=N–C) groups is 1. The van der Waals surface area contributed by atoms with E-state index in [9.17, 15) is 14.4 Å². The zero-order chi connectivity index (χ0) is 25.5. The van der Waals surface area contributed by atoms with Crippen molar-refractivity contribution in [1.82, 2.24) is 10.6 Å². The van der Waals surface area contributed by atoms with Gasteiger partial charge in [-0.25, -0.2) is 9.79 Å². The van der Waals surface area contributed by atoms with Gasteiger partial charge in [-0.1, -0.05) is 43.8 Å². The highest BCUT2D eigenvalue weighted by Crippen LogP contribution is 2.31. The van der Waals surface area contributed by atoms with Crippen molar-refractivity contribution < 1.29 is 19.1 Å². The van der Waals surface area contributed by atoms with Gasteiger partial charge in [-0.3, -0.25) is 19.8 Å². The van der Waals surface area contributed by atoms with Crippen LogP contribution in [0.1, 0.15) is 30.5 Å². The number of anilines is 1. The molecule has 0 spiro atoms. The number of carbonyl (C=O) groups is 3. The van der Waals surface area contributed by atoms with E-state index < -0.39 is 11.9 Å². The van der Waals surface area contributed by atoms with Crippen LogP contribution >= 0.6 is 11.8 Å². The number of imide groups is 1. The van der Waals surface area contributed by atoms with Crippen LogP contribution < -0.4 is 20.3 Å². The summed E-state index contributed by atoms with van der Waals surface area (Å²) in [5.74, 6) is 0.150. The molecule has 0 unspecified atom stereocenters. The van der Waals surface area contributed by atoms with Gasteiger partial charge in [-0.2, -0.15) is 0 Å². The second-order valence-electron chi connectivity index (χ2n) is 8.62. The number of nitrogens with one attached hydrogen (secondary N) is 2. The summed E-state index contributed by atoms with van der Waals surface area (Å²) in [6.07, 6.45) is 1.70. The molecule has 35 heavy (non-hydrogen) atoms. The summed E-state index contributed by atoms with van der Waals surface area (Å²) < 4.78 is 5.19. The molecule has 4 amide bonds. The minimum absolute atomic E-state index is 0.0711. The number of amidine groups is 1. The van der Waals surface area contributed by atoms with E-state index in [2.05, 4.69) is 15.6 Å². The maximum absolute atomic E-state index is 13.4. The predicted molar refractivity (Wildman–Crippen MR) is 141 cm³/mol. The van der Waals surface area contributed by atoms with E-state index in [-0.39, 0.29) is 23.3 Å². The molecule has 2 aromatic rings. The summed E-state index contributed by atoms with van der Waals surface area (Å²) in [7, 11) is 1.59. The van der Waals surface area contributed by atoms with E-state index in [0.29, 0.717) is 23.1 Å². The molecule has 9 heteroatoms. The average Bonchev–Trinajstić information content (AvgIpc) is 3.11. The number of urea groups is 1. The van der Waals surface area contributed by atoms with Crippen LogP contribution in [-0.2, 0) is 9.59 Å². The molecule has 0 saturated heterocycles. The van der Waals surface area contributed by atoms with Gasteiger partial charge in [0.2, 0.25) is 5.91 Å². The number of thioether (sulfide) groups is 1. The lowest BCUT2D eigenvalue weighted by molar-refractivity contribution is -0.117. The number of methoxy groups -OCH3 is 1. The minimum atomic E-state index is -0.542. The maximum atomic E-state index is 13.4. The molecular weight excluding hydrogens is 464 g/mol. The largest absolute Gasteiger partial charge is 0.497 e. The predicted octanol–water partition coefficient (Wildman–Crippen LogP) is 4.27. The summed E-state index contributed by atoms with van der Waals surface area (Å²) in [6.45, 7) is 8.31. The number of benzene rings is 2. The van der Waals surface area contributed by atoms with E-state index in [4.69, 9.17) is 4.74 Å². The van der Waals surface area contributed by atoms with E-state index >= 15 is 0 Å². The highest BCUT2D eigenvalue weighted by atomic mass is 32.2. The first-order valence-electron chi connectivity index (χ1n) is 11.2. The number of rotatable bonds is 7. The molecule has 0 saturated carbocycles. The van der Waals surface area contributed by atoms with E-state index in [1.807, 2.05) is 70.2 Å². The summed E-state index contributed by atoms with van der Waals surface area (Å²) in [5, 5.41) is 5.33. The second kappa shape index (κ2) is 11.7. The Labute approximate surface area is 209 Å². The zero-order valence-electron chi connectivity index (χ0n) is 20.5. The molecule has 3 rings (SSSR count). The Kier molecular flexibility index (Phi) is 8.70. The Morgan fingerprint density at radius 2 is 1.77 bits per heavy atom. The molecule has 0 aromatic heterocycles. The number of hydrogen-bond donors (Lipinski definition) is 2. The molecule has 0 fully saturated rings. The average molecular weight is 495 g/mol. The quantitative estimate of drug-likeness (QED) is 0.560. The van der Waals surface area contributed by atoms with Gasteiger partial charge in [-0.05, 0) is 66.8 Å². The molecule has 0 radical (unpaired) electrons. The molecule has 1 aliphatic rings. The highest BCUT2D eigenvalue weighted by molar-refractivity contribution is 8.14. The van der Waals surface area contributed by atoms with Crippen LogP contribution in [0.3, 0.4) is 0 Å². The Morgan fingerprint density at radius 3 is 2.37 bits per heavy atom. The molecule has 0 bridgehead atoms. The number of hydrogen-bond acceptors (Lipinski definition) is 6. The third-order valence-corrected chi connectivity index (χ3v) is 5.91. The van der Waals surface area contributed by atoms with Crippen molar-refractivity contribution in [2.45, 2.75) is 27.7 Å². The Bertz CT molecular complexity index is 1150. The van der Waals surface area contributed by atoms with Gasteiger partial charge in [0, 0.05) is 6.54 Å². The Hall–Kier alpha value is -3.59. The first-order chi connectivity index (χ1) is 16.7. The number of amides is 4. The van der Waals surface area contributed by atoms with Crippen molar-refractivity contribution in [3.05, 3.63) is 64.9 Å². The molecule has 2 aromatic carbocycles. The van der Waals surface area contributed by atoms with Crippen LogP contribution in [0.2, 0.25) is 0 Å². The smallest absolute Gasteiger partial charge is 0.321 e. The van der Waals surface area contributed by atoms with Crippen molar-refractivity contribution in [2.75, 3.05) is 24.3 Å². The Balaban J connectivity index is 1.82. The fourth-order valence-electron chi connectivity index (χ4n) is 3.39. The molecule has 184 valence electrons. The van der Waals surface area contributed by atoms with Crippen LogP contribution in [0.25, 0.3) is 6.08 Å². The first kappa shape index (κ1) is 26.0. The third-order valence-electron chi connectivity index (χ3n) is 4.97. The summed E-state index contributed by atoms with van der Waals surface area (Å²) in [4.78, 5) is 43.7. The van der Waals surface area contributed by atoms with Crippen molar-refractivity contribution >= 4 is 46.5 Å². The molecule has 0 aliphatic carbocycles. The lowest BCUT2D eigenvalue weighted by Gasteiger charge is -2.19. The van der Waals surface area contributed by atoms with Crippen LogP contribution in [0.5, 0.6) is 5.75 Å². The second-order valence-corrected chi connectivity index (χ2v) is 9.57. The van der Waals surface area contributed by atoms with Crippen LogP contribution in [0, 0.1) is 19.8 Å². The topological polar surface area (TPSA) is 100 Å². The number of nitrogens with zero attached hydrogens (tertiary/aromatic N) is 2. The van der Waals surface area contributed by atoms with Crippen molar-refractivity contribution in [2.24, 2.45) is 10.9 Å². The Morgan fingerprint density at radius 1 is 1.11 bits per heavy atom. The molecule has 8 nitrogen and oxygen atoms in total. The lowest BCUT2D eigenvalue weighted by atomic mass is 10.1. The van der Waals surface area contributed by atoms with E-state index in [1.165, 1.54) is 4.90 Å². The van der Waals surface area contributed by atoms with Crippen molar-refractivity contribution in [3.63, 3.8) is 0 Å². The van der Waals surface area contributed by atoms with Crippen LogP contribution in [-0.4, -0.2) is 42.4 Å². The summed E-state index contributed by atoms with van der Waals surface area (Å²) >= 11 is 1.10. The zero-order valence-corrected chi connectivity index (χ0v) is 21.4. The fraction of sp³-hybridized carbons (Fsp3) is 0.308. The molecule has 1 heterocycles. The van der Waals surface area contributed by atoms with Gasteiger partial charge in [-0.15, -0.1) is 0 Å². The number of aryl methyl sites for hydroxylation is 2. The van der Waals surface area contributed by atoms with E-state index in [1.54, 1.807) is 13.2 Å². The van der Waals surface area contributed by atoms with Gasteiger partial charge in [0.05, 0.1) is 18.6 Å². The van der Waals surface area contributed by atoms with Crippen LogP contribution in [0.4, 0.5) is 10.5 Å². The lowest BCUT2D eigenvalue weighted by Crippen LogP contribution is -2.42. The molecule has 1 aliphatic heterocycles. The van der Waals surface area contributed by atoms with Crippen molar-refractivity contribution in [3.8, 4) is 5.75 Å². The van der Waals surface area contributed by atoms with Gasteiger partial charge in [0.25, 0.3) is 5.91 Å². The first-order valence-corrected chi connectivity index (χ1v) is 12.2. The highest BCUT2D eigenvalue weighted by Gasteiger charge is 2.32. The molecular formula is C26H30N4O4S.